The number of nitriles is 2. The minimum atomic E-state index is -0.555. The van der Waals surface area contributed by atoms with Crippen LogP contribution in [-0.4, -0.2) is 11.9 Å². The molecule has 5 heteroatoms. The summed E-state index contributed by atoms with van der Waals surface area (Å²) < 4.78 is 0. The molecule has 0 unspecified atom stereocenters. The van der Waals surface area contributed by atoms with E-state index in [0.717, 1.165) is 12.8 Å². The number of nitrogens with one attached hydrogen (secondary N) is 1. The molecule has 0 fully saturated rings. The highest BCUT2D eigenvalue weighted by Gasteiger charge is 2.13. The Bertz CT molecular complexity index is 539. The van der Waals surface area contributed by atoms with E-state index in [-0.39, 0.29) is 17.0 Å². The molecule has 0 radical (unpaired) electrons. The first-order valence-corrected chi connectivity index (χ1v) is 6.13. The van der Waals surface area contributed by atoms with Gasteiger partial charge < -0.3 is 11.1 Å². The maximum atomic E-state index is 11.8. The monoisotopic (exact) mass is 256 g/mol. The highest BCUT2D eigenvalue weighted by Crippen LogP contribution is 2.15. The molecule has 0 aliphatic heterocycles. The zero-order valence-corrected chi connectivity index (χ0v) is 10.8. The standard InChI is InChI=1S/C14H16N4O/c1-2-3-4-13(17)14(19)18-12-6-5-10(8-15)11(7-12)9-16/h5-7,13H,2-4,17H2,1H3,(H,18,19)/t13-/m0/s1. The van der Waals surface area contributed by atoms with Crippen LogP contribution in [0.2, 0.25) is 0 Å². The lowest BCUT2D eigenvalue weighted by atomic mass is 10.1. The predicted octanol–water partition coefficient (Wildman–Crippen LogP) is 1.89. The number of carbonyl (C=O) groups is 1. The van der Waals surface area contributed by atoms with Crippen molar-refractivity contribution < 1.29 is 4.79 Å². The van der Waals surface area contributed by atoms with Crippen molar-refractivity contribution in [3.05, 3.63) is 29.3 Å². The van der Waals surface area contributed by atoms with Gasteiger partial charge in [-0.1, -0.05) is 19.8 Å². The third-order valence-electron chi connectivity index (χ3n) is 2.73. The molecule has 0 aliphatic rings. The Balaban J connectivity index is 2.76. The number of rotatable bonds is 5. The Labute approximate surface area is 112 Å². The molecule has 19 heavy (non-hydrogen) atoms. The average molecular weight is 256 g/mol. The van der Waals surface area contributed by atoms with Gasteiger partial charge in [-0.3, -0.25) is 4.79 Å². The molecule has 1 aromatic carbocycles. The summed E-state index contributed by atoms with van der Waals surface area (Å²) in [6, 6.07) is 7.85. The predicted molar refractivity (Wildman–Crippen MR) is 72.0 cm³/mol. The summed E-state index contributed by atoms with van der Waals surface area (Å²) in [5, 5.41) is 20.3. The number of unbranched alkanes of at least 4 members (excludes halogenated alkanes) is 1. The van der Waals surface area contributed by atoms with Crippen molar-refractivity contribution in [3.63, 3.8) is 0 Å². The van der Waals surface area contributed by atoms with E-state index in [2.05, 4.69) is 5.32 Å². The summed E-state index contributed by atoms with van der Waals surface area (Å²) in [7, 11) is 0. The quantitative estimate of drug-likeness (QED) is 0.839. The van der Waals surface area contributed by atoms with Gasteiger partial charge in [-0.05, 0) is 24.6 Å². The molecule has 5 nitrogen and oxygen atoms in total. The van der Waals surface area contributed by atoms with Crippen LogP contribution >= 0.6 is 0 Å². The second-order valence-electron chi connectivity index (χ2n) is 4.22. The number of anilines is 1. The largest absolute Gasteiger partial charge is 0.325 e. The molecule has 0 bridgehead atoms. The summed E-state index contributed by atoms with van der Waals surface area (Å²) in [5.41, 5.74) is 6.75. The summed E-state index contributed by atoms with van der Waals surface area (Å²) >= 11 is 0. The molecule has 0 aromatic heterocycles. The molecule has 0 spiro atoms. The van der Waals surface area contributed by atoms with Crippen LogP contribution in [0.5, 0.6) is 0 Å². The first-order valence-electron chi connectivity index (χ1n) is 6.13. The van der Waals surface area contributed by atoms with Crippen LogP contribution < -0.4 is 11.1 Å². The van der Waals surface area contributed by atoms with Gasteiger partial charge in [0.1, 0.15) is 12.1 Å². The minimum Gasteiger partial charge on any atom is -0.325 e. The number of nitrogens with two attached hydrogens (primary N) is 1. The second-order valence-corrected chi connectivity index (χ2v) is 4.22. The Morgan fingerprint density at radius 2 is 2.05 bits per heavy atom. The fourth-order valence-electron chi connectivity index (χ4n) is 1.60. The van der Waals surface area contributed by atoms with Gasteiger partial charge in [-0.25, -0.2) is 0 Å². The van der Waals surface area contributed by atoms with Crippen molar-refractivity contribution >= 4 is 11.6 Å². The van der Waals surface area contributed by atoms with E-state index in [1.165, 1.54) is 12.1 Å². The van der Waals surface area contributed by atoms with E-state index in [9.17, 15) is 4.79 Å². The van der Waals surface area contributed by atoms with Crippen molar-refractivity contribution in [1.82, 2.24) is 0 Å². The molecule has 3 N–H and O–H groups in total. The van der Waals surface area contributed by atoms with Gasteiger partial charge in [0.15, 0.2) is 0 Å². The Kier molecular flexibility index (Phi) is 5.53. The third kappa shape index (κ3) is 4.09. The second kappa shape index (κ2) is 7.15. The molecule has 1 aromatic rings. The number of hydrogen-bond donors (Lipinski definition) is 2. The maximum Gasteiger partial charge on any atom is 0.241 e. The van der Waals surface area contributed by atoms with Crippen molar-refractivity contribution in [2.24, 2.45) is 5.73 Å². The maximum absolute atomic E-state index is 11.8. The van der Waals surface area contributed by atoms with Crippen LogP contribution in [0, 0.1) is 22.7 Å². The van der Waals surface area contributed by atoms with Crippen LogP contribution in [-0.2, 0) is 4.79 Å². The zero-order valence-electron chi connectivity index (χ0n) is 10.8. The van der Waals surface area contributed by atoms with Crippen LogP contribution in [0.4, 0.5) is 5.69 Å². The first kappa shape index (κ1) is 14.7. The lowest BCUT2D eigenvalue weighted by Crippen LogP contribution is -2.35. The number of amides is 1. The molecule has 1 rings (SSSR count). The average Bonchev–Trinajstić information content (AvgIpc) is 2.44. The van der Waals surface area contributed by atoms with Gasteiger partial charge in [0.2, 0.25) is 5.91 Å². The number of nitrogens with zero attached hydrogens (tertiary/aromatic N) is 2. The summed E-state index contributed by atoms with van der Waals surface area (Å²) in [4.78, 5) is 11.8. The SMILES string of the molecule is CCCC[C@H](N)C(=O)Nc1ccc(C#N)c(C#N)c1. The van der Waals surface area contributed by atoms with Crippen LogP contribution in [0.15, 0.2) is 18.2 Å². The summed E-state index contributed by atoms with van der Waals surface area (Å²) in [6.45, 7) is 2.03. The topological polar surface area (TPSA) is 103 Å². The van der Waals surface area contributed by atoms with E-state index in [1.54, 1.807) is 6.07 Å². The van der Waals surface area contributed by atoms with Crippen LogP contribution in [0.3, 0.4) is 0 Å². The summed E-state index contributed by atoms with van der Waals surface area (Å²) in [5.74, 6) is -0.276. The zero-order chi connectivity index (χ0) is 14.3. The number of hydrogen-bond acceptors (Lipinski definition) is 4. The fraction of sp³-hybridized carbons (Fsp3) is 0.357. The molecule has 0 aliphatic carbocycles. The van der Waals surface area contributed by atoms with Gasteiger partial charge in [0.25, 0.3) is 0 Å². The van der Waals surface area contributed by atoms with Crippen molar-refractivity contribution in [2.45, 2.75) is 32.2 Å². The van der Waals surface area contributed by atoms with E-state index < -0.39 is 6.04 Å². The molecular formula is C14H16N4O. The highest BCUT2D eigenvalue weighted by molar-refractivity contribution is 5.94. The minimum absolute atomic E-state index is 0.238. The fourth-order valence-corrected chi connectivity index (χ4v) is 1.60. The van der Waals surface area contributed by atoms with Gasteiger partial charge in [-0.15, -0.1) is 0 Å². The lowest BCUT2D eigenvalue weighted by Gasteiger charge is -2.12. The molecular weight excluding hydrogens is 240 g/mol. The molecule has 1 atom stereocenters. The molecule has 0 saturated heterocycles. The van der Waals surface area contributed by atoms with Gasteiger partial charge in [0.05, 0.1) is 17.2 Å². The van der Waals surface area contributed by atoms with E-state index in [0.29, 0.717) is 12.1 Å². The molecule has 0 saturated carbocycles. The van der Waals surface area contributed by atoms with Crippen molar-refractivity contribution in [1.29, 1.82) is 10.5 Å². The Hall–Kier alpha value is -2.37. The highest BCUT2D eigenvalue weighted by atomic mass is 16.2. The first-order chi connectivity index (χ1) is 9.12. The van der Waals surface area contributed by atoms with E-state index in [4.69, 9.17) is 16.3 Å². The van der Waals surface area contributed by atoms with Crippen molar-refractivity contribution in [3.8, 4) is 12.1 Å². The van der Waals surface area contributed by atoms with E-state index in [1.807, 2.05) is 19.1 Å². The van der Waals surface area contributed by atoms with Gasteiger partial charge >= 0.3 is 0 Å². The van der Waals surface area contributed by atoms with Crippen LogP contribution in [0.1, 0.15) is 37.3 Å². The Morgan fingerprint density at radius 1 is 1.37 bits per heavy atom. The van der Waals surface area contributed by atoms with Crippen molar-refractivity contribution in [2.75, 3.05) is 5.32 Å². The molecule has 1 amide bonds. The lowest BCUT2D eigenvalue weighted by molar-refractivity contribution is -0.117. The smallest absolute Gasteiger partial charge is 0.241 e. The normalized spacial score (nSPS) is 11.2. The third-order valence-corrected chi connectivity index (χ3v) is 2.73. The van der Waals surface area contributed by atoms with Gasteiger partial charge in [0, 0.05) is 5.69 Å². The van der Waals surface area contributed by atoms with E-state index >= 15 is 0 Å². The van der Waals surface area contributed by atoms with Gasteiger partial charge in [-0.2, -0.15) is 10.5 Å². The summed E-state index contributed by atoms with van der Waals surface area (Å²) in [6.07, 6.45) is 2.51. The molecule has 98 valence electrons. The number of carbonyl (C=O) groups excluding carboxylic acids is 1. The van der Waals surface area contributed by atoms with Crippen LogP contribution in [0.25, 0.3) is 0 Å². The Morgan fingerprint density at radius 3 is 2.63 bits per heavy atom. The number of benzene rings is 1. The molecule has 0 heterocycles.